The summed E-state index contributed by atoms with van der Waals surface area (Å²) < 4.78 is 19.7. The molecular weight excluding hydrogens is 360 g/mol. The Hall–Kier alpha value is -0.780. The van der Waals surface area contributed by atoms with E-state index in [1.54, 1.807) is 0 Å². The molecule has 2 heterocycles. The number of halogens is 2. The molecule has 0 aromatic carbocycles. The lowest BCUT2D eigenvalue weighted by Crippen LogP contribution is -2.52. The van der Waals surface area contributed by atoms with Crippen LogP contribution in [0.3, 0.4) is 0 Å². The van der Waals surface area contributed by atoms with E-state index in [0.717, 1.165) is 4.57 Å². The van der Waals surface area contributed by atoms with Gasteiger partial charge in [-0.25, -0.2) is 9.18 Å². The van der Waals surface area contributed by atoms with Crippen molar-refractivity contribution < 1.29 is 19.3 Å². The van der Waals surface area contributed by atoms with E-state index < -0.39 is 36.9 Å². The number of anilines is 1. The second-order valence-corrected chi connectivity index (χ2v) is 5.06. The number of hydrogen-bond donors (Lipinski definition) is 3. The zero-order chi connectivity index (χ0) is 13.5. The topological polar surface area (TPSA) is 111 Å². The molecule has 0 spiro atoms. The van der Waals surface area contributed by atoms with Crippen LogP contribution in [0.25, 0.3) is 0 Å². The van der Waals surface area contributed by atoms with Crippen molar-refractivity contribution in [2.24, 2.45) is 0 Å². The molecule has 1 fully saturated rings. The monoisotopic (exact) mass is 371 g/mol. The van der Waals surface area contributed by atoms with E-state index in [1.807, 2.05) is 22.6 Å². The third-order valence-corrected chi connectivity index (χ3v) is 3.67. The zero-order valence-electron chi connectivity index (χ0n) is 9.08. The number of rotatable bonds is 2. The predicted octanol–water partition coefficient (Wildman–Crippen LogP) is -1.20. The van der Waals surface area contributed by atoms with Crippen LogP contribution in [-0.4, -0.2) is 45.3 Å². The van der Waals surface area contributed by atoms with Gasteiger partial charge in [-0.2, -0.15) is 4.98 Å². The fraction of sp³-hybridized carbons (Fsp3) is 0.556. The minimum absolute atomic E-state index is 0.0224. The van der Waals surface area contributed by atoms with Gasteiger partial charge in [-0.3, -0.25) is 4.57 Å². The van der Waals surface area contributed by atoms with E-state index in [1.165, 1.54) is 6.20 Å². The van der Waals surface area contributed by atoms with Crippen LogP contribution >= 0.6 is 22.6 Å². The summed E-state index contributed by atoms with van der Waals surface area (Å²) in [6.07, 6.45) is -2.07. The lowest BCUT2D eigenvalue weighted by atomic mass is 10.1. The van der Waals surface area contributed by atoms with Crippen molar-refractivity contribution in [1.29, 1.82) is 0 Å². The Labute approximate surface area is 115 Å². The molecule has 0 bridgehead atoms. The summed E-state index contributed by atoms with van der Waals surface area (Å²) in [6.45, 7) is -1.16. The molecule has 0 saturated carbocycles. The van der Waals surface area contributed by atoms with Crippen LogP contribution in [0.15, 0.2) is 11.0 Å². The quantitative estimate of drug-likeness (QED) is 0.564. The first-order chi connectivity index (χ1) is 8.42. The lowest BCUT2D eigenvalue weighted by molar-refractivity contribution is -0.153. The number of nitrogens with zero attached hydrogens (tertiary/aromatic N) is 2. The van der Waals surface area contributed by atoms with Gasteiger partial charge in [0, 0.05) is 6.20 Å². The molecule has 2 rings (SSSR count). The largest absolute Gasteiger partial charge is 0.391 e. The molecule has 0 radical (unpaired) electrons. The fourth-order valence-electron chi connectivity index (χ4n) is 1.83. The van der Waals surface area contributed by atoms with Crippen molar-refractivity contribution in [1.82, 2.24) is 9.55 Å². The van der Waals surface area contributed by atoms with Crippen LogP contribution < -0.4 is 11.4 Å². The van der Waals surface area contributed by atoms with E-state index in [9.17, 15) is 19.4 Å². The maximum absolute atomic E-state index is 13.3. The smallest absolute Gasteiger partial charge is 0.352 e. The number of aliphatic hydroxyl groups is 2. The summed E-state index contributed by atoms with van der Waals surface area (Å²) >= 11 is 1.83. The third kappa shape index (κ3) is 1.90. The van der Waals surface area contributed by atoms with Gasteiger partial charge in [0.05, 0.1) is 16.8 Å². The summed E-state index contributed by atoms with van der Waals surface area (Å²) in [5.41, 5.74) is 2.79. The summed E-state index contributed by atoms with van der Waals surface area (Å²) in [5.74, 6) is 0.0224. The molecule has 0 amide bonds. The molecule has 1 saturated heterocycles. The molecule has 1 aromatic heterocycles. The van der Waals surface area contributed by atoms with Crippen molar-refractivity contribution in [3.63, 3.8) is 0 Å². The molecular formula is C9H11FIN3O4. The Bertz CT molecular complexity index is 525. The van der Waals surface area contributed by atoms with Gasteiger partial charge in [0.1, 0.15) is 11.9 Å². The highest BCUT2D eigenvalue weighted by atomic mass is 127. The maximum Gasteiger partial charge on any atom is 0.352 e. The first kappa shape index (κ1) is 13.6. The van der Waals surface area contributed by atoms with Crippen LogP contribution in [0.5, 0.6) is 0 Å². The third-order valence-electron chi connectivity index (χ3n) is 2.84. The molecule has 0 unspecified atom stereocenters. The minimum Gasteiger partial charge on any atom is -0.391 e. The Morgan fingerprint density at radius 1 is 1.78 bits per heavy atom. The summed E-state index contributed by atoms with van der Waals surface area (Å²) in [5, 5.41) is 19.1. The van der Waals surface area contributed by atoms with Gasteiger partial charge < -0.3 is 20.7 Å². The fourth-order valence-corrected chi connectivity index (χ4v) is 2.23. The van der Waals surface area contributed by atoms with Gasteiger partial charge >= 0.3 is 5.69 Å². The molecule has 3 atom stereocenters. The second-order valence-electron chi connectivity index (χ2n) is 3.90. The SMILES string of the molecule is Nc1nc(=O)n([C@@]2(CO)OC[C@H](F)[C@@H]2O)cc1I. The van der Waals surface area contributed by atoms with Crippen LogP contribution in [0, 0.1) is 3.57 Å². The second kappa shape index (κ2) is 4.72. The van der Waals surface area contributed by atoms with Crippen molar-refractivity contribution in [2.45, 2.75) is 18.0 Å². The van der Waals surface area contributed by atoms with E-state index in [0.29, 0.717) is 3.57 Å². The van der Waals surface area contributed by atoms with Crippen molar-refractivity contribution in [2.75, 3.05) is 18.9 Å². The minimum atomic E-state index is -1.85. The molecule has 1 aromatic rings. The van der Waals surface area contributed by atoms with Crippen LogP contribution in [0.2, 0.25) is 0 Å². The molecule has 4 N–H and O–H groups in total. The van der Waals surface area contributed by atoms with Gasteiger partial charge in [-0.15, -0.1) is 0 Å². The van der Waals surface area contributed by atoms with E-state index in [-0.39, 0.29) is 5.82 Å². The number of aromatic nitrogens is 2. The van der Waals surface area contributed by atoms with Crippen LogP contribution in [-0.2, 0) is 10.5 Å². The Balaban J connectivity index is 2.59. The molecule has 7 nitrogen and oxygen atoms in total. The highest BCUT2D eigenvalue weighted by molar-refractivity contribution is 14.1. The number of hydrogen-bond acceptors (Lipinski definition) is 6. The van der Waals surface area contributed by atoms with Gasteiger partial charge in [-0.05, 0) is 22.6 Å². The average molecular weight is 371 g/mol. The highest BCUT2D eigenvalue weighted by Gasteiger charge is 2.52. The summed E-state index contributed by atoms with van der Waals surface area (Å²) in [4.78, 5) is 15.3. The van der Waals surface area contributed by atoms with Gasteiger partial charge in [0.2, 0.25) is 5.72 Å². The normalized spacial score (nSPS) is 31.8. The zero-order valence-corrected chi connectivity index (χ0v) is 11.2. The predicted molar refractivity (Wildman–Crippen MR) is 67.5 cm³/mol. The van der Waals surface area contributed by atoms with Gasteiger partial charge in [0.25, 0.3) is 0 Å². The van der Waals surface area contributed by atoms with E-state index in [2.05, 4.69) is 4.98 Å². The van der Waals surface area contributed by atoms with Gasteiger partial charge in [-0.1, -0.05) is 0 Å². The Morgan fingerprint density at radius 2 is 2.44 bits per heavy atom. The number of nitrogen functional groups attached to an aromatic ring is 1. The molecule has 1 aliphatic rings. The van der Waals surface area contributed by atoms with Crippen molar-refractivity contribution >= 4 is 28.4 Å². The molecule has 9 heteroatoms. The molecule has 100 valence electrons. The first-order valence-corrected chi connectivity index (χ1v) is 6.12. The number of ether oxygens (including phenoxy) is 1. The van der Waals surface area contributed by atoms with Crippen LogP contribution in [0.1, 0.15) is 0 Å². The molecule has 1 aliphatic heterocycles. The molecule has 0 aliphatic carbocycles. The number of alkyl halides is 1. The summed E-state index contributed by atoms with van der Waals surface area (Å²) in [7, 11) is 0. The Morgan fingerprint density at radius 3 is 2.94 bits per heavy atom. The lowest BCUT2D eigenvalue weighted by Gasteiger charge is -2.31. The van der Waals surface area contributed by atoms with E-state index >= 15 is 0 Å². The number of aliphatic hydroxyl groups excluding tert-OH is 2. The maximum atomic E-state index is 13.3. The van der Waals surface area contributed by atoms with Crippen molar-refractivity contribution in [3.8, 4) is 0 Å². The standard InChI is InChI=1S/C9H11FIN3O4/c10-4-2-18-9(3-15,6(4)16)14-1-5(11)7(12)13-8(14)17/h1,4,6,15-16H,2-3H2,(H2,12,13,17)/t4-,6-,9-/m0/s1. The first-order valence-electron chi connectivity index (χ1n) is 5.04. The number of nitrogens with two attached hydrogens (primary N) is 1. The summed E-state index contributed by atoms with van der Waals surface area (Å²) in [6, 6.07) is 0. The Kier molecular flexibility index (Phi) is 3.58. The average Bonchev–Trinajstić information content (AvgIpc) is 2.62. The van der Waals surface area contributed by atoms with E-state index in [4.69, 9.17) is 10.5 Å². The molecule has 18 heavy (non-hydrogen) atoms. The van der Waals surface area contributed by atoms with Gasteiger partial charge in [0.15, 0.2) is 6.17 Å². The highest BCUT2D eigenvalue weighted by Crippen LogP contribution is 2.32. The van der Waals surface area contributed by atoms with Crippen molar-refractivity contribution in [3.05, 3.63) is 20.3 Å². The van der Waals surface area contributed by atoms with Crippen LogP contribution in [0.4, 0.5) is 10.2 Å².